The standard InChI is InChI=1S/C15H22ClNO3S/c1-15(2,3)10(4-7-13(18)19)8-9-17-14(20)11-5-6-12(16)21-11/h5-6,10H,4,7-9H2,1-3H3,(H,17,20)(H,18,19). The Morgan fingerprint density at radius 1 is 1.33 bits per heavy atom. The Labute approximate surface area is 134 Å². The van der Waals surface area contributed by atoms with Gasteiger partial charge in [-0.1, -0.05) is 32.4 Å². The van der Waals surface area contributed by atoms with Gasteiger partial charge in [-0.25, -0.2) is 0 Å². The number of rotatable bonds is 7. The molecule has 0 bridgehead atoms. The van der Waals surface area contributed by atoms with Gasteiger partial charge < -0.3 is 10.4 Å². The number of carboxylic acid groups (broad SMARTS) is 1. The first kappa shape index (κ1) is 18.0. The normalized spacial score (nSPS) is 13.0. The molecule has 1 aromatic rings. The fraction of sp³-hybridized carbons (Fsp3) is 0.600. The summed E-state index contributed by atoms with van der Waals surface area (Å²) in [6.45, 7) is 6.83. The molecule has 0 aromatic carbocycles. The molecule has 1 rings (SSSR count). The van der Waals surface area contributed by atoms with Crippen LogP contribution in [-0.2, 0) is 4.79 Å². The van der Waals surface area contributed by atoms with E-state index in [9.17, 15) is 9.59 Å². The average Bonchev–Trinajstić information content (AvgIpc) is 2.78. The quantitative estimate of drug-likeness (QED) is 0.792. The van der Waals surface area contributed by atoms with Crippen LogP contribution in [0.4, 0.5) is 0 Å². The molecule has 0 saturated carbocycles. The molecule has 0 aliphatic rings. The lowest BCUT2D eigenvalue weighted by Gasteiger charge is -2.30. The zero-order chi connectivity index (χ0) is 16.0. The van der Waals surface area contributed by atoms with Gasteiger partial charge in [0.1, 0.15) is 0 Å². The van der Waals surface area contributed by atoms with Gasteiger partial charge in [-0.15, -0.1) is 11.3 Å². The number of amides is 1. The van der Waals surface area contributed by atoms with Crippen molar-refractivity contribution in [2.45, 2.75) is 40.0 Å². The molecule has 0 aliphatic carbocycles. The van der Waals surface area contributed by atoms with Crippen molar-refractivity contribution in [1.29, 1.82) is 0 Å². The summed E-state index contributed by atoms with van der Waals surface area (Å²) < 4.78 is 0.592. The molecule has 2 N–H and O–H groups in total. The summed E-state index contributed by atoms with van der Waals surface area (Å²) in [5.41, 5.74) is 0.0203. The maximum absolute atomic E-state index is 11.9. The van der Waals surface area contributed by atoms with Crippen LogP contribution in [-0.4, -0.2) is 23.5 Å². The van der Waals surface area contributed by atoms with E-state index < -0.39 is 5.97 Å². The molecule has 4 nitrogen and oxygen atoms in total. The van der Waals surface area contributed by atoms with Crippen LogP contribution < -0.4 is 5.32 Å². The van der Waals surface area contributed by atoms with Crippen molar-refractivity contribution in [2.24, 2.45) is 11.3 Å². The number of carbonyl (C=O) groups is 2. The number of hydrogen-bond donors (Lipinski definition) is 2. The van der Waals surface area contributed by atoms with Crippen LogP contribution in [0.1, 0.15) is 49.7 Å². The van der Waals surface area contributed by atoms with Gasteiger partial charge in [0.05, 0.1) is 9.21 Å². The van der Waals surface area contributed by atoms with Gasteiger partial charge >= 0.3 is 5.97 Å². The van der Waals surface area contributed by atoms with E-state index in [1.165, 1.54) is 11.3 Å². The molecule has 1 heterocycles. The van der Waals surface area contributed by atoms with Gasteiger partial charge in [-0.3, -0.25) is 9.59 Å². The topological polar surface area (TPSA) is 66.4 Å². The predicted octanol–water partition coefficient (Wildman–Crippen LogP) is 4.05. The Morgan fingerprint density at radius 2 is 2.00 bits per heavy atom. The molecule has 1 unspecified atom stereocenters. The number of carboxylic acids is 1. The van der Waals surface area contributed by atoms with Gasteiger partial charge in [-0.05, 0) is 36.3 Å². The molecule has 1 atom stereocenters. The second kappa shape index (κ2) is 7.80. The fourth-order valence-electron chi connectivity index (χ4n) is 2.19. The minimum Gasteiger partial charge on any atom is -0.481 e. The second-order valence-electron chi connectivity index (χ2n) is 6.14. The summed E-state index contributed by atoms with van der Waals surface area (Å²) in [4.78, 5) is 23.2. The SMILES string of the molecule is CC(C)(C)C(CCNC(=O)c1ccc(Cl)s1)CCC(=O)O. The van der Waals surface area contributed by atoms with Crippen LogP contribution in [0.3, 0.4) is 0 Å². The van der Waals surface area contributed by atoms with Crippen molar-refractivity contribution in [3.8, 4) is 0 Å². The van der Waals surface area contributed by atoms with Gasteiger partial charge in [0.15, 0.2) is 0 Å². The number of thiophene rings is 1. The molecule has 0 spiro atoms. The Hall–Kier alpha value is -1.07. The van der Waals surface area contributed by atoms with Gasteiger partial charge in [0, 0.05) is 13.0 Å². The molecule has 6 heteroatoms. The third kappa shape index (κ3) is 6.48. The Balaban J connectivity index is 2.46. The number of hydrogen-bond acceptors (Lipinski definition) is 3. The minimum absolute atomic E-state index is 0.0203. The lowest BCUT2D eigenvalue weighted by Crippen LogP contribution is -2.29. The van der Waals surface area contributed by atoms with Crippen molar-refractivity contribution in [1.82, 2.24) is 5.32 Å². The molecular weight excluding hydrogens is 310 g/mol. The number of halogens is 1. The summed E-state index contributed by atoms with van der Waals surface area (Å²) in [6.07, 6.45) is 1.55. The first-order valence-electron chi connectivity index (χ1n) is 6.95. The van der Waals surface area contributed by atoms with E-state index in [-0.39, 0.29) is 23.7 Å². The second-order valence-corrected chi connectivity index (χ2v) is 7.86. The molecule has 21 heavy (non-hydrogen) atoms. The number of carbonyl (C=O) groups excluding carboxylic acids is 1. The first-order valence-corrected chi connectivity index (χ1v) is 8.15. The van der Waals surface area contributed by atoms with Crippen LogP contribution in [0, 0.1) is 11.3 Å². The highest BCUT2D eigenvalue weighted by Crippen LogP contribution is 2.32. The maximum atomic E-state index is 11.9. The largest absolute Gasteiger partial charge is 0.481 e. The molecule has 0 radical (unpaired) electrons. The highest BCUT2D eigenvalue weighted by atomic mass is 35.5. The summed E-state index contributed by atoms with van der Waals surface area (Å²) in [6, 6.07) is 3.40. The zero-order valence-corrected chi connectivity index (χ0v) is 14.2. The van der Waals surface area contributed by atoms with Gasteiger partial charge in [0.25, 0.3) is 5.91 Å². The summed E-state index contributed by atoms with van der Waals surface area (Å²) in [7, 11) is 0. The third-order valence-corrected chi connectivity index (χ3v) is 4.74. The van der Waals surface area contributed by atoms with Crippen molar-refractivity contribution in [2.75, 3.05) is 6.54 Å². The summed E-state index contributed by atoms with van der Waals surface area (Å²) in [5.74, 6) is -0.653. The van der Waals surface area contributed by atoms with Crippen LogP contribution in [0.2, 0.25) is 4.34 Å². The molecule has 1 aromatic heterocycles. The minimum atomic E-state index is -0.776. The van der Waals surface area contributed by atoms with Crippen molar-refractivity contribution in [3.63, 3.8) is 0 Å². The Bertz CT molecular complexity index is 493. The Kier molecular flexibility index (Phi) is 6.68. The molecule has 0 saturated heterocycles. The predicted molar refractivity (Wildman–Crippen MR) is 86.1 cm³/mol. The number of nitrogens with one attached hydrogen (secondary N) is 1. The smallest absolute Gasteiger partial charge is 0.303 e. The van der Waals surface area contributed by atoms with E-state index in [0.717, 1.165) is 6.42 Å². The molecule has 0 aliphatic heterocycles. The van der Waals surface area contributed by atoms with E-state index in [0.29, 0.717) is 22.2 Å². The zero-order valence-electron chi connectivity index (χ0n) is 12.6. The van der Waals surface area contributed by atoms with Crippen molar-refractivity contribution in [3.05, 3.63) is 21.3 Å². The van der Waals surface area contributed by atoms with Gasteiger partial charge in [0.2, 0.25) is 0 Å². The lowest BCUT2D eigenvalue weighted by atomic mass is 9.76. The van der Waals surface area contributed by atoms with Crippen LogP contribution in [0.15, 0.2) is 12.1 Å². The monoisotopic (exact) mass is 331 g/mol. The van der Waals surface area contributed by atoms with E-state index in [1.807, 2.05) is 0 Å². The molecule has 0 fully saturated rings. The average molecular weight is 332 g/mol. The highest BCUT2D eigenvalue weighted by molar-refractivity contribution is 7.17. The van der Waals surface area contributed by atoms with E-state index in [1.54, 1.807) is 12.1 Å². The first-order chi connectivity index (χ1) is 9.70. The maximum Gasteiger partial charge on any atom is 0.303 e. The summed E-state index contributed by atoms with van der Waals surface area (Å²) >= 11 is 7.05. The third-order valence-electron chi connectivity index (χ3n) is 3.51. The molecule has 118 valence electrons. The number of aliphatic carboxylic acids is 1. The molecule has 1 amide bonds. The van der Waals surface area contributed by atoms with Crippen LogP contribution in [0.25, 0.3) is 0 Å². The summed E-state index contributed by atoms with van der Waals surface area (Å²) in [5, 5.41) is 11.7. The van der Waals surface area contributed by atoms with Crippen molar-refractivity contribution >= 4 is 34.8 Å². The van der Waals surface area contributed by atoms with Gasteiger partial charge in [-0.2, -0.15) is 0 Å². The van der Waals surface area contributed by atoms with E-state index >= 15 is 0 Å². The fourth-order valence-corrected chi connectivity index (χ4v) is 3.15. The van der Waals surface area contributed by atoms with Crippen molar-refractivity contribution < 1.29 is 14.7 Å². The Morgan fingerprint density at radius 3 is 2.48 bits per heavy atom. The molecular formula is C15H22ClNO3S. The van der Waals surface area contributed by atoms with E-state index in [4.69, 9.17) is 16.7 Å². The highest BCUT2D eigenvalue weighted by Gasteiger charge is 2.25. The van der Waals surface area contributed by atoms with E-state index in [2.05, 4.69) is 26.1 Å². The lowest BCUT2D eigenvalue weighted by molar-refractivity contribution is -0.137. The van der Waals surface area contributed by atoms with Crippen LogP contribution >= 0.6 is 22.9 Å². The van der Waals surface area contributed by atoms with Crippen LogP contribution in [0.5, 0.6) is 0 Å².